The highest BCUT2D eigenvalue weighted by Crippen LogP contribution is 2.45. The first kappa shape index (κ1) is 13.9. The number of methoxy groups -OCH3 is 2. The average molecular weight is 262 g/mol. The molecular formula is C11H16ClNO4. The second-order valence-corrected chi connectivity index (χ2v) is 3.40. The molecule has 0 spiro atoms. The van der Waals surface area contributed by atoms with Gasteiger partial charge in [-0.1, -0.05) is 0 Å². The minimum absolute atomic E-state index is 0. The van der Waals surface area contributed by atoms with E-state index < -0.39 is 0 Å². The summed E-state index contributed by atoms with van der Waals surface area (Å²) in [6, 6.07) is 3.83. The van der Waals surface area contributed by atoms with Gasteiger partial charge in [0.1, 0.15) is 6.61 Å². The summed E-state index contributed by atoms with van der Waals surface area (Å²) in [6.07, 6.45) is 0. The van der Waals surface area contributed by atoms with E-state index in [1.165, 1.54) is 0 Å². The Hall–Kier alpha value is -1.17. The van der Waals surface area contributed by atoms with E-state index in [1.54, 1.807) is 21.3 Å². The van der Waals surface area contributed by atoms with Gasteiger partial charge in [-0.25, -0.2) is 0 Å². The lowest BCUT2D eigenvalue weighted by molar-refractivity contribution is 0.0535. The van der Waals surface area contributed by atoms with Crippen molar-refractivity contribution in [2.45, 2.75) is 6.04 Å². The van der Waals surface area contributed by atoms with E-state index in [0.29, 0.717) is 18.1 Å². The summed E-state index contributed by atoms with van der Waals surface area (Å²) in [6.45, 7) is 0.521. The Kier molecular flexibility index (Phi) is 4.86. The van der Waals surface area contributed by atoms with Gasteiger partial charge >= 0.3 is 0 Å². The highest BCUT2D eigenvalue weighted by molar-refractivity contribution is 5.85. The average Bonchev–Trinajstić information content (AvgIpc) is 2.72. The molecule has 0 radical (unpaired) electrons. The number of ether oxygens (including phenoxy) is 3. The van der Waals surface area contributed by atoms with Crippen molar-refractivity contribution in [3.8, 4) is 17.2 Å². The lowest BCUT2D eigenvalue weighted by Gasteiger charge is -2.12. The monoisotopic (exact) mass is 261 g/mol. The van der Waals surface area contributed by atoms with Gasteiger partial charge in [0, 0.05) is 5.56 Å². The largest absolute Gasteiger partial charge is 0.493 e. The summed E-state index contributed by atoms with van der Waals surface area (Å²) in [7, 11) is 4.78. The van der Waals surface area contributed by atoms with Gasteiger partial charge in [0.15, 0.2) is 11.5 Å². The quantitative estimate of drug-likeness (QED) is 0.837. The first-order valence-electron chi connectivity index (χ1n) is 4.98. The highest BCUT2D eigenvalue weighted by atomic mass is 35.5. The van der Waals surface area contributed by atoms with Crippen molar-refractivity contribution in [2.75, 3.05) is 27.9 Å². The van der Waals surface area contributed by atoms with E-state index in [4.69, 9.17) is 19.0 Å². The summed E-state index contributed by atoms with van der Waals surface area (Å²) in [5.41, 5.74) is 3.88. The molecule has 2 rings (SSSR count). The van der Waals surface area contributed by atoms with Crippen LogP contribution in [0.5, 0.6) is 17.2 Å². The third-order valence-corrected chi connectivity index (χ3v) is 2.56. The van der Waals surface area contributed by atoms with Crippen LogP contribution in [0.1, 0.15) is 11.6 Å². The number of nitrogens with one attached hydrogen (secondary N) is 1. The van der Waals surface area contributed by atoms with Gasteiger partial charge in [-0.3, -0.25) is 0 Å². The van der Waals surface area contributed by atoms with Gasteiger partial charge in [0.25, 0.3) is 0 Å². The van der Waals surface area contributed by atoms with E-state index >= 15 is 0 Å². The lowest BCUT2D eigenvalue weighted by atomic mass is 10.1. The molecule has 0 fully saturated rings. The van der Waals surface area contributed by atoms with Gasteiger partial charge < -0.3 is 19.0 Å². The maximum atomic E-state index is 5.58. The zero-order valence-electron chi connectivity index (χ0n) is 9.98. The number of fused-ring (bicyclic) bond motifs is 1. The third kappa shape index (κ3) is 2.41. The van der Waals surface area contributed by atoms with E-state index in [-0.39, 0.29) is 18.4 Å². The minimum atomic E-state index is 0. The zero-order chi connectivity index (χ0) is 11.5. The van der Waals surface area contributed by atoms with Crippen molar-refractivity contribution in [1.82, 2.24) is 5.48 Å². The summed E-state index contributed by atoms with van der Waals surface area (Å²) in [5, 5.41) is 0. The van der Waals surface area contributed by atoms with Crippen molar-refractivity contribution in [3.05, 3.63) is 17.7 Å². The second-order valence-electron chi connectivity index (χ2n) is 3.40. The van der Waals surface area contributed by atoms with Gasteiger partial charge in [-0.2, -0.15) is 5.48 Å². The molecule has 0 amide bonds. The van der Waals surface area contributed by atoms with Gasteiger partial charge in [-0.15, -0.1) is 12.4 Å². The lowest BCUT2D eigenvalue weighted by Crippen LogP contribution is -2.20. The molecule has 1 aromatic carbocycles. The van der Waals surface area contributed by atoms with E-state index in [1.807, 2.05) is 12.1 Å². The predicted molar refractivity (Wildman–Crippen MR) is 65.2 cm³/mol. The molecule has 0 aromatic heterocycles. The molecule has 0 aliphatic carbocycles. The maximum absolute atomic E-state index is 5.58. The molecule has 1 aliphatic rings. The van der Waals surface area contributed by atoms with Crippen LogP contribution in [-0.2, 0) is 4.84 Å². The molecule has 1 N–H and O–H groups in total. The number of benzene rings is 1. The summed E-state index contributed by atoms with van der Waals surface area (Å²) in [5.74, 6) is 2.01. The van der Waals surface area contributed by atoms with Crippen LogP contribution in [0.4, 0.5) is 0 Å². The molecule has 6 heteroatoms. The SMILES string of the molecule is CONC1COc2c1ccc(OC)c2OC.Cl. The van der Waals surface area contributed by atoms with Gasteiger partial charge in [0.05, 0.1) is 27.4 Å². The van der Waals surface area contributed by atoms with Crippen LogP contribution in [0.2, 0.25) is 0 Å². The predicted octanol–water partition coefficient (Wildman–Crippen LogP) is 1.71. The summed E-state index contributed by atoms with van der Waals surface area (Å²) in [4.78, 5) is 4.91. The Morgan fingerprint density at radius 2 is 2.00 bits per heavy atom. The van der Waals surface area contributed by atoms with Gasteiger partial charge in [-0.05, 0) is 12.1 Å². The molecule has 1 aromatic rings. The molecule has 0 saturated heterocycles. The van der Waals surface area contributed by atoms with Gasteiger partial charge in [0.2, 0.25) is 5.75 Å². The number of rotatable bonds is 4. The summed E-state index contributed by atoms with van der Waals surface area (Å²) < 4.78 is 16.1. The van der Waals surface area contributed by atoms with Crippen LogP contribution in [0.3, 0.4) is 0 Å². The number of hydrogen-bond donors (Lipinski definition) is 1. The number of hydrogen-bond acceptors (Lipinski definition) is 5. The molecule has 96 valence electrons. The first-order chi connectivity index (χ1) is 7.81. The molecule has 1 atom stereocenters. The molecule has 0 saturated carbocycles. The molecular weight excluding hydrogens is 246 g/mol. The Balaban J connectivity index is 0.00000144. The second kappa shape index (κ2) is 5.95. The highest BCUT2D eigenvalue weighted by Gasteiger charge is 2.29. The maximum Gasteiger partial charge on any atom is 0.203 e. The zero-order valence-corrected chi connectivity index (χ0v) is 10.8. The molecule has 1 aliphatic heterocycles. The van der Waals surface area contributed by atoms with Crippen LogP contribution in [0, 0.1) is 0 Å². The normalized spacial score (nSPS) is 16.8. The molecule has 17 heavy (non-hydrogen) atoms. The molecule has 0 bridgehead atoms. The first-order valence-corrected chi connectivity index (χ1v) is 4.98. The van der Waals surface area contributed by atoms with Crippen LogP contribution in [-0.4, -0.2) is 27.9 Å². The summed E-state index contributed by atoms with van der Waals surface area (Å²) >= 11 is 0. The van der Waals surface area contributed by atoms with E-state index in [9.17, 15) is 0 Å². The Morgan fingerprint density at radius 1 is 1.24 bits per heavy atom. The molecule has 5 nitrogen and oxygen atoms in total. The van der Waals surface area contributed by atoms with Crippen LogP contribution in [0.25, 0.3) is 0 Å². The minimum Gasteiger partial charge on any atom is -0.493 e. The van der Waals surface area contributed by atoms with Crippen molar-refractivity contribution in [1.29, 1.82) is 0 Å². The van der Waals surface area contributed by atoms with Crippen LogP contribution < -0.4 is 19.7 Å². The van der Waals surface area contributed by atoms with Crippen molar-refractivity contribution in [2.24, 2.45) is 0 Å². The number of hydroxylamine groups is 1. The Morgan fingerprint density at radius 3 is 2.59 bits per heavy atom. The Labute approximate surface area is 106 Å². The van der Waals surface area contributed by atoms with Crippen molar-refractivity contribution in [3.63, 3.8) is 0 Å². The fraction of sp³-hybridized carbons (Fsp3) is 0.455. The fourth-order valence-corrected chi connectivity index (χ4v) is 1.83. The standard InChI is InChI=1S/C11H15NO4.ClH/c1-13-9-5-4-7-8(12-15-3)6-16-10(7)11(9)14-2;/h4-5,8,12H,6H2,1-3H3;1H. The molecule has 1 unspecified atom stereocenters. The molecule has 1 heterocycles. The van der Waals surface area contributed by atoms with Crippen molar-refractivity contribution >= 4 is 12.4 Å². The fourth-order valence-electron chi connectivity index (χ4n) is 1.83. The van der Waals surface area contributed by atoms with E-state index in [2.05, 4.69) is 5.48 Å². The van der Waals surface area contributed by atoms with Crippen molar-refractivity contribution < 1.29 is 19.0 Å². The van der Waals surface area contributed by atoms with Crippen LogP contribution in [0.15, 0.2) is 12.1 Å². The van der Waals surface area contributed by atoms with E-state index in [0.717, 1.165) is 11.3 Å². The third-order valence-electron chi connectivity index (χ3n) is 2.56. The Bertz CT molecular complexity index is 386. The van der Waals surface area contributed by atoms with Crippen LogP contribution >= 0.6 is 12.4 Å². The topological polar surface area (TPSA) is 49.0 Å². The smallest absolute Gasteiger partial charge is 0.203 e. The number of halogens is 1.